The van der Waals surface area contributed by atoms with Crippen LogP contribution >= 0.6 is 23.4 Å². The SMILES string of the molecule is COCCn1c(SCC(=O)Nc2cccc(OC)c2)nc2cc(Cl)ccc21. The molecule has 6 nitrogen and oxygen atoms in total. The number of thioether (sulfide) groups is 1. The van der Waals surface area contributed by atoms with Crippen LogP contribution in [-0.4, -0.2) is 42.0 Å². The molecule has 1 amide bonds. The Bertz CT molecular complexity index is 945. The van der Waals surface area contributed by atoms with Crippen LogP contribution in [0.15, 0.2) is 47.6 Å². The molecule has 27 heavy (non-hydrogen) atoms. The van der Waals surface area contributed by atoms with E-state index in [4.69, 9.17) is 21.1 Å². The Morgan fingerprint density at radius 1 is 1.26 bits per heavy atom. The van der Waals surface area contributed by atoms with Gasteiger partial charge in [-0.25, -0.2) is 4.98 Å². The molecular weight excluding hydrogens is 386 g/mol. The Balaban J connectivity index is 1.72. The third kappa shape index (κ3) is 4.94. The third-order valence-electron chi connectivity index (χ3n) is 3.88. The molecular formula is C19H20ClN3O3S. The van der Waals surface area contributed by atoms with Gasteiger partial charge in [-0.05, 0) is 30.3 Å². The number of rotatable bonds is 8. The number of imidazole rings is 1. The van der Waals surface area contributed by atoms with E-state index in [0.717, 1.165) is 16.2 Å². The summed E-state index contributed by atoms with van der Waals surface area (Å²) in [5, 5.41) is 4.26. The Kier molecular flexibility index (Phi) is 6.60. The smallest absolute Gasteiger partial charge is 0.234 e. The van der Waals surface area contributed by atoms with E-state index < -0.39 is 0 Å². The highest BCUT2D eigenvalue weighted by molar-refractivity contribution is 7.99. The lowest BCUT2D eigenvalue weighted by molar-refractivity contribution is -0.113. The fourth-order valence-electron chi connectivity index (χ4n) is 2.62. The maximum absolute atomic E-state index is 12.3. The minimum absolute atomic E-state index is 0.114. The number of nitrogens with one attached hydrogen (secondary N) is 1. The van der Waals surface area contributed by atoms with Gasteiger partial charge in [0.15, 0.2) is 5.16 Å². The van der Waals surface area contributed by atoms with Crippen molar-refractivity contribution >= 4 is 46.0 Å². The second kappa shape index (κ2) is 9.12. The molecule has 1 N–H and O–H groups in total. The zero-order chi connectivity index (χ0) is 19.2. The molecule has 0 radical (unpaired) electrons. The van der Waals surface area contributed by atoms with Crippen molar-refractivity contribution in [1.82, 2.24) is 9.55 Å². The number of aromatic nitrogens is 2. The van der Waals surface area contributed by atoms with Crippen molar-refractivity contribution in [2.24, 2.45) is 0 Å². The van der Waals surface area contributed by atoms with E-state index in [0.29, 0.717) is 29.6 Å². The molecule has 0 spiro atoms. The first-order chi connectivity index (χ1) is 13.1. The van der Waals surface area contributed by atoms with Crippen LogP contribution in [0, 0.1) is 0 Å². The van der Waals surface area contributed by atoms with E-state index in [1.165, 1.54) is 11.8 Å². The molecule has 0 atom stereocenters. The van der Waals surface area contributed by atoms with Crippen molar-refractivity contribution in [3.05, 3.63) is 47.5 Å². The summed E-state index contributed by atoms with van der Waals surface area (Å²) in [6.07, 6.45) is 0. The van der Waals surface area contributed by atoms with Gasteiger partial charge in [0.05, 0.1) is 30.5 Å². The van der Waals surface area contributed by atoms with Crippen molar-refractivity contribution in [2.45, 2.75) is 11.7 Å². The van der Waals surface area contributed by atoms with Crippen LogP contribution < -0.4 is 10.1 Å². The summed E-state index contributed by atoms with van der Waals surface area (Å²) in [4.78, 5) is 16.9. The van der Waals surface area contributed by atoms with Crippen molar-refractivity contribution in [3.63, 3.8) is 0 Å². The minimum Gasteiger partial charge on any atom is -0.497 e. The lowest BCUT2D eigenvalue weighted by atomic mass is 10.3. The number of ether oxygens (including phenoxy) is 2. The molecule has 3 rings (SSSR count). The maximum atomic E-state index is 12.3. The first-order valence-electron chi connectivity index (χ1n) is 8.32. The van der Waals surface area contributed by atoms with Crippen molar-refractivity contribution < 1.29 is 14.3 Å². The normalized spacial score (nSPS) is 10.9. The van der Waals surface area contributed by atoms with E-state index in [9.17, 15) is 4.79 Å². The van der Waals surface area contributed by atoms with Crippen molar-refractivity contribution in [2.75, 3.05) is 31.9 Å². The number of anilines is 1. The van der Waals surface area contributed by atoms with E-state index >= 15 is 0 Å². The number of carbonyl (C=O) groups excluding carboxylic acids is 1. The van der Waals surface area contributed by atoms with Gasteiger partial charge < -0.3 is 19.4 Å². The maximum Gasteiger partial charge on any atom is 0.234 e. The summed E-state index contributed by atoms with van der Waals surface area (Å²) in [7, 11) is 3.25. The average Bonchev–Trinajstić information content (AvgIpc) is 3.01. The summed E-state index contributed by atoms with van der Waals surface area (Å²) in [6, 6.07) is 12.8. The monoisotopic (exact) mass is 405 g/mol. The van der Waals surface area contributed by atoms with Gasteiger partial charge >= 0.3 is 0 Å². The highest BCUT2D eigenvalue weighted by atomic mass is 35.5. The van der Waals surface area contributed by atoms with Crippen molar-refractivity contribution in [1.29, 1.82) is 0 Å². The Morgan fingerprint density at radius 3 is 2.89 bits per heavy atom. The number of carbonyl (C=O) groups is 1. The van der Waals surface area contributed by atoms with E-state index in [-0.39, 0.29) is 11.7 Å². The molecule has 0 fully saturated rings. The summed E-state index contributed by atoms with van der Waals surface area (Å²) in [5.41, 5.74) is 2.46. The Morgan fingerprint density at radius 2 is 2.11 bits per heavy atom. The predicted octanol–water partition coefficient (Wildman–Crippen LogP) is 4.08. The summed E-state index contributed by atoms with van der Waals surface area (Å²) >= 11 is 7.45. The second-order valence-electron chi connectivity index (χ2n) is 5.74. The topological polar surface area (TPSA) is 65.4 Å². The molecule has 0 unspecified atom stereocenters. The molecule has 2 aromatic carbocycles. The number of halogens is 1. The number of nitrogens with zero attached hydrogens (tertiary/aromatic N) is 2. The molecule has 0 aliphatic carbocycles. The third-order valence-corrected chi connectivity index (χ3v) is 5.09. The predicted molar refractivity (Wildman–Crippen MR) is 109 cm³/mol. The average molecular weight is 406 g/mol. The van der Waals surface area contributed by atoms with Crippen LogP contribution in [0.25, 0.3) is 11.0 Å². The molecule has 0 saturated heterocycles. The second-order valence-corrected chi connectivity index (χ2v) is 7.12. The first kappa shape index (κ1) is 19.5. The van der Waals surface area contributed by atoms with E-state index in [2.05, 4.69) is 10.3 Å². The van der Waals surface area contributed by atoms with Crippen LogP contribution in [0.4, 0.5) is 5.69 Å². The zero-order valence-corrected chi connectivity index (χ0v) is 16.6. The molecule has 0 aliphatic rings. The largest absolute Gasteiger partial charge is 0.497 e. The molecule has 8 heteroatoms. The number of hydrogen-bond donors (Lipinski definition) is 1. The van der Waals surface area contributed by atoms with Gasteiger partial charge in [-0.15, -0.1) is 0 Å². The van der Waals surface area contributed by atoms with Crippen LogP contribution in [0.5, 0.6) is 5.75 Å². The number of amides is 1. The molecule has 1 aromatic heterocycles. The first-order valence-corrected chi connectivity index (χ1v) is 9.68. The molecule has 1 heterocycles. The molecule has 142 valence electrons. The van der Waals surface area contributed by atoms with E-state index in [1.807, 2.05) is 41.0 Å². The minimum atomic E-state index is -0.114. The van der Waals surface area contributed by atoms with Gasteiger partial charge in [-0.3, -0.25) is 4.79 Å². The number of benzene rings is 2. The van der Waals surface area contributed by atoms with Gasteiger partial charge in [0.2, 0.25) is 5.91 Å². The fourth-order valence-corrected chi connectivity index (χ4v) is 3.62. The molecule has 0 saturated carbocycles. The van der Waals surface area contributed by atoms with Gasteiger partial charge in [0.25, 0.3) is 0 Å². The van der Waals surface area contributed by atoms with Crippen molar-refractivity contribution in [3.8, 4) is 5.75 Å². The van der Waals surface area contributed by atoms with Gasteiger partial charge in [0.1, 0.15) is 5.75 Å². The summed E-state index contributed by atoms with van der Waals surface area (Å²) in [5.74, 6) is 0.816. The summed E-state index contributed by atoms with van der Waals surface area (Å²) in [6.45, 7) is 1.20. The lowest BCUT2D eigenvalue weighted by Gasteiger charge is -2.09. The van der Waals surface area contributed by atoms with Gasteiger partial charge in [-0.1, -0.05) is 29.4 Å². The molecule has 3 aromatic rings. The number of fused-ring (bicyclic) bond motifs is 1. The lowest BCUT2D eigenvalue weighted by Crippen LogP contribution is -2.15. The highest BCUT2D eigenvalue weighted by Crippen LogP contribution is 2.26. The number of methoxy groups -OCH3 is 2. The van der Waals surface area contributed by atoms with E-state index in [1.54, 1.807) is 20.3 Å². The standard InChI is InChI=1S/C19H20ClN3O3S/c1-25-9-8-23-17-7-6-13(20)10-16(17)22-19(23)27-12-18(24)21-14-4-3-5-15(11-14)26-2/h3-7,10-11H,8-9,12H2,1-2H3,(H,21,24). The molecule has 0 aliphatic heterocycles. The Hall–Kier alpha value is -2.22. The zero-order valence-electron chi connectivity index (χ0n) is 15.1. The van der Waals surface area contributed by atoms with Crippen LogP contribution in [0.1, 0.15) is 0 Å². The highest BCUT2D eigenvalue weighted by Gasteiger charge is 2.13. The Labute approximate surface area is 166 Å². The summed E-state index contributed by atoms with van der Waals surface area (Å²) < 4.78 is 12.4. The fraction of sp³-hybridized carbons (Fsp3) is 0.263. The van der Waals surface area contributed by atoms with Crippen LogP contribution in [-0.2, 0) is 16.1 Å². The molecule has 0 bridgehead atoms. The van der Waals surface area contributed by atoms with Gasteiger partial charge in [0, 0.05) is 30.4 Å². The van der Waals surface area contributed by atoms with Gasteiger partial charge in [-0.2, -0.15) is 0 Å². The van der Waals surface area contributed by atoms with Crippen LogP contribution in [0.3, 0.4) is 0 Å². The van der Waals surface area contributed by atoms with Crippen LogP contribution in [0.2, 0.25) is 5.02 Å². The quantitative estimate of drug-likeness (QED) is 0.572. The number of hydrogen-bond acceptors (Lipinski definition) is 5.